The molecule has 4 nitrogen and oxygen atoms in total. The number of benzene rings is 2. The summed E-state index contributed by atoms with van der Waals surface area (Å²) in [4.78, 5) is 14.0. The number of amides is 1. The predicted molar refractivity (Wildman–Crippen MR) is 79.9 cm³/mol. The molecule has 0 aliphatic heterocycles. The zero-order chi connectivity index (χ0) is 15.2. The molecule has 0 atom stereocenters. The van der Waals surface area contributed by atoms with Crippen molar-refractivity contribution in [3.05, 3.63) is 65.2 Å². The van der Waals surface area contributed by atoms with Gasteiger partial charge >= 0.3 is 0 Å². The van der Waals surface area contributed by atoms with Gasteiger partial charge in [-0.05, 0) is 35.9 Å². The number of nitrogens with zero attached hydrogens (tertiary/aromatic N) is 2. The van der Waals surface area contributed by atoms with Gasteiger partial charge in [0.2, 0.25) is 0 Å². The number of carbonyl (C=O) groups excluding carboxylic acids is 1. The van der Waals surface area contributed by atoms with Crippen molar-refractivity contribution in [3.63, 3.8) is 0 Å². The lowest BCUT2D eigenvalue weighted by Crippen LogP contribution is -2.26. The molecule has 106 valence electrons. The van der Waals surface area contributed by atoms with E-state index >= 15 is 0 Å². The van der Waals surface area contributed by atoms with Crippen molar-refractivity contribution in [1.29, 1.82) is 5.26 Å². The second-order valence-corrected chi connectivity index (χ2v) is 4.71. The summed E-state index contributed by atoms with van der Waals surface area (Å²) < 4.78 is 5.17. The first-order chi connectivity index (χ1) is 10.1. The molecule has 0 saturated heterocycles. The molecule has 0 bridgehead atoms. The van der Waals surface area contributed by atoms with Crippen LogP contribution in [-0.2, 0) is 6.54 Å². The van der Waals surface area contributed by atoms with Gasteiger partial charge in [-0.15, -0.1) is 0 Å². The van der Waals surface area contributed by atoms with Gasteiger partial charge < -0.3 is 9.64 Å². The summed E-state index contributed by atoms with van der Waals surface area (Å²) in [6, 6.07) is 16.3. The Morgan fingerprint density at radius 1 is 1.24 bits per heavy atom. The Hall–Kier alpha value is -2.80. The molecular formula is C17H16N2O2. The van der Waals surface area contributed by atoms with E-state index in [2.05, 4.69) is 0 Å². The maximum absolute atomic E-state index is 12.4. The van der Waals surface area contributed by atoms with Gasteiger partial charge in [-0.3, -0.25) is 4.79 Å². The van der Waals surface area contributed by atoms with Crippen molar-refractivity contribution in [2.24, 2.45) is 0 Å². The Bertz CT molecular complexity index is 689. The first-order valence-electron chi connectivity index (χ1n) is 6.52. The highest BCUT2D eigenvalue weighted by molar-refractivity contribution is 5.94. The number of methoxy groups -OCH3 is 1. The maximum atomic E-state index is 12.4. The van der Waals surface area contributed by atoms with Crippen LogP contribution in [-0.4, -0.2) is 25.0 Å². The average molecular weight is 280 g/mol. The van der Waals surface area contributed by atoms with Crippen molar-refractivity contribution in [1.82, 2.24) is 4.90 Å². The smallest absolute Gasteiger partial charge is 0.253 e. The standard InChI is InChI=1S/C17H16N2O2/c1-19(12-14-6-4-8-16(10-14)21-2)17(20)15-7-3-5-13(9-15)11-18/h3-10H,12H2,1-2H3. The number of carbonyl (C=O) groups is 1. The van der Waals surface area contributed by atoms with E-state index in [1.807, 2.05) is 30.3 Å². The molecular weight excluding hydrogens is 264 g/mol. The maximum Gasteiger partial charge on any atom is 0.253 e. The fourth-order valence-corrected chi connectivity index (χ4v) is 2.06. The molecule has 0 aromatic heterocycles. The molecule has 0 aliphatic rings. The van der Waals surface area contributed by atoms with E-state index in [-0.39, 0.29) is 5.91 Å². The van der Waals surface area contributed by atoms with E-state index in [1.165, 1.54) is 0 Å². The summed E-state index contributed by atoms with van der Waals surface area (Å²) in [5.74, 6) is 0.648. The van der Waals surface area contributed by atoms with E-state index in [4.69, 9.17) is 10.00 Å². The number of ether oxygens (including phenoxy) is 1. The van der Waals surface area contributed by atoms with Crippen LogP contribution < -0.4 is 4.74 Å². The van der Waals surface area contributed by atoms with Crippen molar-refractivity contribution in [3.8, 4) is 11.8 Å². The van der Waals surface area contributed by atoms with Crippen molar-refractivity contribution >= 4 is 5.91 Å². The van der Waals surface area contributed by atoms with E-state index in [9.17, 15) is 4.79 Å². The Labute approximate surface area is 124 Å². The minimum Gasteiger partial charge on any atom is -0.497 e. The molecule has 1 amide bonds. The van der Waals surface area contributed by atoms with Gasteiger partial charge in [0.05, 0.1) is 18.7 Å². The lowest BCUT2D eigenvalue weighted by molar-refractivity contribution is 0.0785. The fraction of sp³-hybridized carbons (Fsp3) is 0.176. The van der Waals surface area contributed by atoms with Crippen LogP contribution in [0, 0.1) is 11.3 Å². The Kier molecular flexibility index (Phi) is 4.57. The highest BCUT2D eigenvalue weighted by Crippen LogP contribution is 2.15. The molecule has 2 aromatic rings. The van der Waals surface area contributed by atoms with E-state index in [0.29, 0.717) is 17.7 Å². The molecule has 0 fully saturated rings. The minimum atomic E-state index is -0.116. The van der Waals surface area contributed by atoms with Gasteiger partial charge in [-0.2, -0.15) is 5.26 Å². The monoisotopic (exact) mass is 280 g/mol. The van der Waals surface area contributed by atoms with Crippen molar-refractivity contribution in [2.75, 3.05) is 14.2 Å². The summed E-state index contributed by atoms with van der Waals surface area (Å²) in [6.45, 7) is 0.479. The van der Waals surface area contributed by atoms with Crippen LogP contribution in [0.15, 0.2) is 48.5 Å². The molecule has 21 heavy (non-hydrogen) atoms. The quantitative estimate of drug-likeness (QED) is 0.865. The lowest BCUT2D eigenvalue weighted by atomic mass is 10.1. The summed E-state index contributed by atoms with van der Waals surface area (Å²) in [7, 11) is 3.35. The second kappa shape index (κ2) is 6.58. The second-order valence-electron chi connectivity index (χ2n) is 4.71. The molecule has 0 radical (unpaired) electrons. The predicted octanol–water partition coefficient (Wildman–Crippen LogP) is 2.84. The van der Waals surface area contributed by atoms with Gasteiger partial charge in [0.25, 0.3) is 5.91 Å². The van der Waals surface area contributed by atoms with Crippen LogP contribution in [0.4, 0.5) is 0 Å². The summed E-state index contributed by atoms with van der Waals surface area (Å²) in [6.07, 6.45) is 0. The molecule has 0 spiro atoms. The number of hydrogen-bond acceptors (Lipinski definition) is 3. The van der Waals surface area contributed by atoms with Crippen molar-refractivity contribution < 1.29 is 9.53 Å². The van der Waals surface area contributed by atoms with Crippen LogP contribution in [0.5, 0.6) is 5.75 Å². The highest BCUT2D eigenvalue weighted by Gasteiger charge is 2.12. The van der Waals surface area contributed by atoms with Crippen LogP contribution in [0.3, 0.4) is 0 Å². The van der Waals surface area contributed by atoms with Gasteiger partial charge in [-0.25, -0.2) is 0 Å². The van der Waals surface area contributed by atoms with Crippen LogP contribution in [0.2, 0.25) is 0 Å². The Balaban J connectivity index is 2.13. The number of nitriles is 1. The molecule has 2 rings (SSSR count). The largest absolute Gasteiger partial charge is 0.497 e. The third-order valence-corrected chi connectivity index (χ3v) is 3.14. The first kappa shape index (κ1) is 14.6. The topological polar surface area (TPSA) is 53.3 Å². The van der Waals surface area contributed by atoms with Crippen molar-refractivity contribution in [2.45, 2.75) is 6.54 Å². The zero-order valence-electron chi connectivity index (χ0n) is 12.0. The summed E-state index contributed by atoms with van der Waals surface area (Å²) >= 11 is 0. The van der Waals surface area contributed by atoms with E-state index in [0.717, 1.165) is 11.3 Å². The molecule has 0 unspecified atom stereocenters. The highest BCUT2D eigenvalue weighted by atomic mass is 16.5. The first-order valence-corrected chi connectivity index (χ1v) is 6.52. The molecule has 0 N–H and O–H groups in total. The Morgan fingerprint density at radius 3 is 2.71 bits per heavy atom. The molecule has 0 aliphatic carbocycles. The summed E-state index contributed by atoms with van der Waals surface area (Å²) in [5, 5.41) is 8.89. The SMILES string of the molecule is COc1cccc(CN(C)C(=O)c2cccc(C#N)c2)c1. The molecule has 2 aromatic carbocycles. The van der Waals surface area contributed by atoms with Gasteiger partial charge in [0.1, 0.15) is 5.75 Å². The number of rotatable bonds is 4. The van der Waals surface area contributed by atoms with Gasteiger partial charge in [0, 0.05) is 19.2 Å². The van der Waals surface area contributed by atoms with E-state index in [1.54, 1.807) is 43.3 Å². The van der Waals surface area contributed by atoms with Crippen LogP contribution in [0.1, 0.15) is 21.5 Å². The molecule has 0 saturated carbocycles. The Morgan fingerprint density at radius 2 is 2.00 bits per heavy atom. The molecule has 4 heteroatoms. The van der Waals surface area contributed by atoms with Crippen LogP contribution >= 0.6 is 0 Å². The zero-order valence-corrected chi connectivity index (χ0v) is 12.0. The van der Waals surface area contributed by atoms with Gasteiger partial charge in [0.15, 0.2) is 0 Å². The third-order valence-electron chi connectivity index (χ3n) is 3.14. The molecule has 0 heterocycles. The average Bonchev–Trinajstić information content (AvgIpc) is 2.54. The fourth-order valence-electron chi connectivity index (χ4n) is 2.06. The lowest BCUT2D eigenvalue weighted by Gasteiger charge is -2.17. The number of hydrogen-bond donors (Lipinski definition) is 0. The van der Waals surface area contributed by atoms with E-state index < -0.39 is 0 Å². The summed E-state index contributed by atoms with van der Waals surface area (Å²) in [5.41, 5.74) is 1.98. The van der Waals surface area contributed by atoms with Crippen LogP contribution in [0.25, 0.3) is 0 Å². The third kappa shape index (κ3) is 3.61. The van der Waals surface area contributed by atoms with Gasteiger partial charge in [-0.1, -0.05) is 18.2 Å². The normalized spacial score (nSPS) is 9.76. The minimum absolute atomic E-state index is 0.116.